The Morgan fingerprint density at radius 2 is 1.62 bits per heavy atom. The molecule has 1 unspecified atom stereocenters. The fraction of sp³-hybridized carbons (Fsp3) is 0.500. The molecule has 5 N–H and O–H groups in total. The van der Waals surface area contributed by atoms with Gasteiger partial charge in [0.05, 0.1) is 18.2 Å². The van der Waals surface area contributed by atoms with E-state index in [0.29, 0.717) is 37.8 Å². The predicted octanol–water partition coefficient (Wildman–Crippen LogP) is 5.78. The summed E-state index contributed by atoms with van der Waals surface area (Å²) in [5.74, 6) is 1.89. The number of aromatic amines is 1. The van der Waals surface area contributed by atoms with Gasteiger partial charge in [0.25, 0.3) is 11.8 Å². The number of unbranched alkanes of at least 4 members (excludes halogenated alkanes) is 2. The molecular weight excluding hydrogens is 711 g/mol. The highest BCUT2D eigenvalue weighted by molar-refractivity contribution is 5.95. The van der Waals surface area contributed by atoms with E-state index in [9.17, 15) is 9.59 Å². The summed E-state index contributed by atoms with van der Waals surface area (Å²) < 4.78 is 17.1. The van der Waals surface area contributed by atoms with Gasteiger partial charge in [-0.1, -0.05) is 18.2 Å². The van der Waals surface area contributed by atoms with E-state index < -0.39 is 5.54 Å². The third kappa shape index (κ3) is 12.8. The highest BCUT2D eigenvalue weighted by Crippen LogP contribution is 2.34. The molecule has 1 aliphatic heterocycles. The molecule has 0 bridgehead atoms. The van der Waals surface area contributed by atoms with Gasteiger partial charge in [0, 0.05) is 61.6 Å². The van der Waals surface area contributed by atoms with Crippen LogP contribution < -0.4 is 26.1 Å². The minimum atomic E-state index is -0.465. The maximum Gasteiger partial charge on any atom is 0.260 e. The molecule has 3 heterocycles. The number of ether oxygens (including phenoxy) is 3. The number of carbonyl (C=O) groups is 2. The quantitative estimate of drug-likeness (QED) is 0.0515. The number of H-pyrrole nitrogens is 1. The van der Waals surface area contributed by atoms with E-state index in [1.54, 1.807) is 17.4 Å². The first kappa shape index (κ1) is 42.3. The SMILES string of the molecule is CC(NC(=O)c1cccc(NC2(c3nc(-c4ccncc4)n[nH]3)CCNCC2)c1)c1ccc(OCCCCCOCCCOCC(=O)NN(C)C(C)(C)C)cc1. The van der Waals surface area contributed by atoms with Gasteiger partial charge in [-0.2, -0.15) is 5.10 Å². The number of aromatic nitrogens is 4. The third-order valence-electron chi connectivity index (χ3n) is 9.88. The first-order valence-electron chi connectivity index (χ1n) is 19.7. The van der Waals surface area contributed by atoms with E-state index in [1.807, 2.05) is 95.4 Å². The van der Waals surface area contributed by atoms with Gasteiger partial charge in [-0.3, -0.25) is 25.1 Å². The van der Waals surface area contributed by atoms with Crippen molar-refractivity contribution in [3.05, 3.63) is 90.0 Å². The van der Waals surface area contributed by atoms with E-state index in [0.717, 1.165) is 80.0 Å². The van der Waals surface area contributed by atoms with Crippen LogP contribution in [0.5, 0.6) is 5.75 Å². The Morgan fingerprint density at radius 1 is 0.911 bits per heavy atom. The topological polar surface area (TPSA) is 168 Å². The molecule has 0 aliphatic carbocycles. The maximum absolute atomic E-state index is 13.4. The van der Waals surface area contributed by atoms with Gasteiger partial charge < -0.3 is 30.2 Å². The maximum atomic E-state index is 13.4. The molecular formula is C42H59N9O5. The summed E-state index contributed by atoms with van der Waals surface area (Å²) in [5.41, 5.74) is 5.49. The number of nitrogens with one attached hydrogen (secondary N) is 5. The van der Waals surface area contributed by atoms with E-state index >= 15 is 0 Å². The van der Waals surface area contributed by atoms with Crippen LogP contribution in [0.4, 0.5) is 5.69 Å². The van der Waals surface area contributed by atoms with Gasteiger partial charge in [-0.15, -0.1) is 0 Å². The molecule has 14 heteroatoms. The number of hydrazine groups is 1. The van der Waals surface area contributed by atoms with E-state index in [-0.39, 0.29) is 30.0 Å². The van der Waals surface area contributed by atoms with Crippen LogP contribution in [-0.2, 0) is 19.8 Å². The number of hydrogen-bond donors (Lipinski definition) is 5. The molecule has 302 valence electrons. The van der Waals surface area contributed by atoms with Crippen molar-refractivity contribution in [2.24, 2.45) is 0 Å². The molecule has 56 heavy (non-hydrogen) atoms. The largest absolute Gasteiger partial charge is 0.494 e. The number of anilines is 1. The smallest absolute Gasteiger partial charge is 0.260 e. The second-order valence-corrected chi connectivity index (χ2v) is 15.2. The second-order valence-electron chi connectivity index (χ2n) is 15.2. The van der Waals surface area contributed by atoms with Crippen LogP contribution in [0.1, 0.15) is 94.0 Å². The Labute approximate surface area is 330 Å². The molecule has 1 saturated heterocycles. The van der Waals surface area contributed by atoms with Gasteiger partial charge in [0.1, 0.15) is 12.4 Å². The number of piperidine rings is 1. The van der Waals surface area contributed by atoms with Crippen molar-refractivity contribution in [1.29, 1.82) is 0 Å². The summed E-state index contributed by atoms with van der Waals surface area (Å²) in [5, 5.41) is 19.8. The van der Waals surface area contributed by atoms with Gasteiger partial charge in [0.2, 0.25) is 0 Å². The first-order valence-corrected chi connectivity index (χ1v) is 19.7. The lowest BCUT2D eigenvalue weighted by molar-refractivity contribution is -0.132. The number of benzene rings is 2. The lowest BCUT2D eigenvalue weighted by Gasteiger charge is -2.37. The van der Waals surface area contributed by atoms with Crippen molar-refractivity contribution in [2.75, 3.05) is 58.5 Å². The fourth-order valence-corrected chi connectivity index (χ4v) is 6.20. The van der Waals surface area contributed by atoms with Crippen molar-refractivity contribution in [2.45, 2.75) is 83.3 Å². The molecule has 1 atom stereocenters. The average molecular weight is 770 g/mol. The number of pyridine rings is 1. The minimum absolute atomic E-state index is 0.0361. The average Bonchev–Trinajstić information content (AvgIpc) is 3.71. The van der Waals surface area contributed by atoms with E-state index in [4.69, 9.17) is 19.2 Å². The number of rotatable bonds is 21. The molecule has 2 aromatic heterocycles. The zero-order chi connectivity index (χ0) is 39.8. The Kier molecular flexibility index (Phi) is 15.7. The van der Waals surface area contributed by atoms with E-state index in [2.05, 4.69) is 36.6 Å². The number of carbonyl (C=O) groups excluding carboxylic acids is 2. The van der Waals surface area contributed by atoms with Crippen LogP contribution in [-0.4, -0.2) is 95.7 Å². The van der Waals surface area contributed by atoms with Crippen LogP contribution >= 0.6 is 0 Å². The minimum Gasteiger partial charge on any atom is -0.494 e. The first-order chi connectivity index (χ1) is 27.0. The zero-order valence-electron chi connectivity index (χ0n) is 33.5. The summed E-state index contributed by atoms with van der Waals surface area (Å²) >= 11 is 0. The monoisotopic (exact) mass is 769 g/mol. The number of nitrogens with zero attached hydrogens (tertiary/aromatic N) is 4. The molecule has 0 spiro atoms. The highest BCUT2D eigenvalue weighted by atomic mass is 16.5. The molecule has 0 radical (unpaired) electrons. The van der Waals surface area contributed by atoms with Crippen molar-refractivity contribution >= 4 is 17.5 Å². The van der Waals surface area contributed by atoms with Crippen molar-refractivity contribution in [3.63, 3.8) is 0 Å². The summed E-state index contributed by atoms with van der Waals surface area (Å²) in [7, 11) is 1.84. The lowest BCUT2D eigenvalue weighted by Crippen LogP contribution is -2.51. The van der Waals surface area contributed by atoms with Crippen LogP contribution in [0.25, 0.3) is 11.4 Å². The Balaban J connectivity index is 0.984. The molecule has 5 rings (SSSR count). The normalized spacial score (nSPS) is 14.6. The van der Waals surface area contributed by atoms with Gasteiger partial charge in [0.15, 0.2) is 11.6 Å². The predicted molar refractivity (Wildman–Crippen MR) is 217 cm³/mol. The molecule has 1 fully saturated rings. The zero-order valence-corrected chi connectivity index (χ0v) is 33.5. The fourth-order valence-electron chi connectivity index (χ4n) is 6.20. The molecule has 1 aliphatic rings. The van der Waals surface area contributed by atoms with Gasteiger partial charge >= 0.3 is 0 Å². The molecule has 2 amide bonds. The van der Waals surface area contributed by atoms with Crippen LogP contribution in [0.3, 0.4) is 0 Å². The van der Waals surface area contributed by atoms with Crippen molar-refractivity contribution in [1.82, 2.24) is 41.2 Å². The van der Waals surface area contributed by atoms with Gasteiger partial charge in [-0.05, 0) is 127 Å². The highest BCUT2D eigenvalue weighted by Gasteiger charge is 2.37. The summed E-state index contributed by atoms with van der Waals surface area (Å²) in [6, 6.07) is 19.1. The third-order valence-corrected chi connectivity index (χ3v) is 9.88. The van der Waals surface area contributed by atoms with E-state index in [1.165, 1.54) is 0 Å². The van der Waals surface area contributed by atoms with Crippen LogP contribution in [0, 0.1) is 0 Å². The summed E-state index contributed by atoms with van der Waals surface area (Å²) in [6.07, 6.45) is 8.70. The standard InChI is InChI=1S/C42H59N9O5/c1-31(32-13-15-36(16-14-32)56-28-8-6-7-25-54-26-10-27-55-30-37(52)50-51(5)41(2,3)4)45-39(53)34-11-9-12-35(29-34)47-42(19-23-44-24-20-42)40-46-38(48-49-40)33-17-21-43-22-18-33/h9,11-18,21-22,29,31,44,47H,6-8,10,19-20,23-28,30H2,1-5H3,(H,45,53)(H,50,52)(H,46,48,49). The van der Waals surface area contributed by atoms with Crippen LogP contribution in [0.15, 0.2) is 73.1 Å². The lowest BCUT2D eigenvalue weighted by atomic mass is 9.87. The Hall–Kier alpha value is -4.89. The van der Waals surface area contributed by atoms with Gasteiger partial charge in [-0.25, -0.2) is 9.99 Å². The number of hydrogen-bond acceptors (Lipinski definition) is 11. The van der Waals surface area contributed by atoms with Crippen molar-refractivity contribution in [3.8, 4) is 17.1 Å². The molecule has 0 saturated carbocycles. The Bertz CT molecular complexity index is 1790. The molecule has 2 aromatic carbocycles. The molecule has 14 nitrogen and oxygen atoms in total. The van der Waals surface area contributed by atoms with Crippen molar-refractivity contribution < 1.29 is 23.8 Å². The number of amides is 2. The Morgan fingerprint density at radius 3 is 2.38 bits per heavy atom. The van der Waals surface area contributed by atoms with Crippen LogP contribution in [0.2, 0.25) is 0 Å². The summed E-state index contributed by atoms with van der Waals surface area (Å²) in [4.78, 5) is 34.3. The summed E-state index contributed by atoms with van der Waals surface area (Å²) in [6.45, 7) is 12.1. The molecule has 4 aromatic rings. The second kappa shape index (κ2) is 20.9.